The van der Waals surface area contributed by atoms with E-state index < -0.39 is 0 Å². The van der Waals surface area contributed by atoms with Gasteiger partial charge in [0.25, 0.3) is 17.6 Å². The number of pyridine rings is 2. The number of aryl methyl sites for hydroxylation is 2. The first-order chi connectivity index (χ1) is 26.7. The number of nitrogens with zero attached hydrogens (tertiary/aromatic N) is 5. The van der Waals surface area contributed by atoms with Crippen LogP contribution >= 0.6 is 0 Å². The second-order valence-electron chi connectivity index (χ2n) is 14.5. The van der Waals surface area contributed by atoms with Crippen LogP contribution in [0.15, 0.2) is 46.2 Å². The molecule has 304 valence electrons. The number of likely N-dealkylation sites (N-methyl/N-ethyl adjacent to an activating group) is 1. The fourth-order valence-corrected chi connectivity index (χ4v) is 7.39. The number of carboxylic acid groups (broad SMARTS) is 1. The standard InChI is InChI=1S/C21H29N3O3.C20H27N3O3.CH2O2/c1-22(2)11-18-19(26-5)9-14(10-20(18)27-6)16-13-24(4)21(25)17-12-23(3)8-7-15(16)17;1-22(2)11-17-18(25-4)8-13(9-19(17)26-5)16-12-23(3)20(24)15-10-21-7-6-14(15)16;2-1-3/h9-10,13H,7-8,11-12H2,1-6H3;8-9,12,21H,6-7,10-11H2,1-5H3;1H,(H,2,3). The average Bonchev–Trinajstić information content (AvgIpc) is 3.18. The molecule has 14 heteroatoms. The zero-order valence-electron chi connectivity index (χ0n) is 34.7. The van der Waals surface area contributed by atoms with Gasteiger partial charge in [0.1, 0.15) is 23.0 Å². The molecule has 0 bridgehead atoms. The van der Waals surface area contributed by atoms with Gasteiger partial charge < -0.3 is 53.2 Å². The van der Waals surface area contributed by atoms with Crippen LogP contribution in [0.1, 0.15) is 33.4 Å². The molecule has 4 aromatic rings. The molecule has 2 aromatic heterocycles. The number of methoxy groups -OCH3 is 4. The predicted molar refractivity (Wildman–Crippen MR) is 219 cm³/mol. The first-order valence-electron chi connectivity index (χ1n) is 18.4. The molecule has 0 unspecified atom stereocenters. The van der Waals surface area contributed by atoms with Crippen LogP contribution in [0.4, 0.5) is 0 Å². The minimum absolute atomic E-state index is 0.0686. The maximum absolute atomic E-state index is 12.6. The highest BCUT2D eigenvalue weighted by Gasteiger charge is 2.24. The molecule has 2 aliphatic heterocycles. The van der Waals surface area contributed by atoms with Crippen LogP contribution in [0, 0.1) is 0 Å². The number of aromatic nitrogens is 2. The first-order valence-corrected chi connectivity index (χ1v) is 18.4. The Hall–Kier alpha value is -5.15. The van der Waals surface area contributed by atoms with Crippen LogP contribution in [0.3, 0.4) is 0 Å². The van der Waals surface area contributed by atoms with Crippen molar-refractivity contribution in [2.75, 3.05) is 76.8 Å². The van der Waals surface area contributed by atoms with Gasteiger partial charge in [0.2, 0.25) is 0 Å². The summed E-state index contributed by atoms with van der Waals surface area (Å²) in [4.78, 5) is 39.9. The first kappa shape index (κ1) is 43.6. The van der Waals surface area contributed by atoms with E-state index in [1.165, 1.54) is 0 Å². The number of rotatable bonds is 10. The highest BCUT2D eigenvalue weighted by molar-refractivity contribution is 5.74. The highest BCUT2D eigenvalue weighted by atomic mass is 16.5. The van der Waals surface area contributed by atoms with E-state index in [2.05, 4.69) is 39.2 Å². The van der Waals surface area contributed by atoms with E-state index in [9.17, 15) is 9.59 Å². The van der Waals surface area contributed by atoms with Crippen LogP contribution in [-0.4, -0.2) is 112 Å². The Kier molecular flexibility index (Phi) is 15.3. The van der Waals surface area contributed by atoms with E-state index >= 15 is 0 Å². The monoisotopic (exact) mass is 774 g/mol. The summed E-state index contributed by atoms with van der Waals surface area (Å²) < 4.78 is 26.0. The summed E-state index contributed by atoms with van der Waals surface area (Å²) >= 11 is 0. The van der Waals surface area contributed by atoms with Crippen molar-refractivity contribution in [2.24, 2.45) is 14.1 Å². The summed E-state index contributed by atoms with van der Waals surface area (Å²) in [6.45, 7) is 4.32. The molecule has 2 aliphatic rings. The van der Waals surface area contributed by atoms with Crippen molar-refractivity contribution in [1.29, 1.82) is 0 Å². The summed E-state index contributed by atoms with van der Waals surface area (Å²) in [5.74, 6) is 3.19. The molecule has 4 heterocycles. The number of hydrogen-bond acceptors (Lipinski definition) is 11. The fraction of sp³-hybridized carbons (Fsp3) is 0.452. The topological polar surface area (TPSA) is 140 Å². The van der Waals surface area contributed by atoms with Gasteiger partial charge in [0, 0.05) is 81.5 Å². The van der Waals surface area contributed by atoms with Crippen molar-refractivity contribution < 1.29 is 28.8 Å². The number of carbonyl (C=O) groups is 1. The minimum Gasteiger partial charge on any atom is -0.496 e. The molecule has 0 aliphatic carbocycles. The number of nitrogens with one attached hydrogen (secondary N) is 1. The molecular formula is C42H58N6O8. The second-order valence-corrected chi connectivity index (χ2v) is 14.5. The van der Waals surface area contributed by atoms with Crippen molar-refractivity contribution in [3.63, 3.8) is 0 Å². The van der Waals surface area contributed by atoms with Crippen molar-refractivity contribution >= 4 is 6.47 Å². The number of benzene rings is 2. The molecule has 56 heavy (non-hydrogen) atoms. The highest BCUT2D eigenvalue weighted by Crippen LogP contribution is 2.39. The van der Waals surface area contributed by atoms with Crippen molar-refractivity contribution in [1.82, 2.24) is 29.2 Å². The van der Waals surface area contributed by atoms with E-state index in [0.29, 0.717) is 13.1 Å². The molecule has 2 N–H and O–H groups in total. The maximum Gasteiger partial charge on any atom is 0.290 e. The average molecular weight is 775 g/mol. The quantitative estimate of drug-likeness (QED) is 0.228. The van der Waals surface area contributed by atoms with E-state index in [-0.39, 0.29) is 17.6 Å². The molecule has 0 saturated heterocycles. The second kappa shape index (κ2) is 19.6. The van der Waals surface area contributed by atoms with Gasteiger partial charge in [-0.25, -0.2) is 0 Å². The van der Waals surface area contributed by atoms with Crippen LogP contribution in [0.5, 0.6) is 23.0 Å². The minimum atomic E-state index is -0.250. The van der Waals surface area contributed by atoms with Gasteiger partial charge in [-0.1, -0.05) is 0 Å². The van der Waals surface area contributed by atoms with E-state index in [0.717, 1.165) is 118 Å². The fourth-order valence-electron chi connectivity index (χ4n) is 7.39. The molecule has 14 nitrogen and oxygen atoms in total. The Balaban J connectivity index is 0.000000233. The van der Waals surface area contributed by atoms with E-state index in [4.69, 9.17) is 28.8 Å². The maximum atomic E-state index is 12.6. The summed E-state index contributed by atoms with van der Waals surface area (Å²) in [5, 5.41) is 10.2. The Bertz CT molecular complexity index is 2070. The Morgan fingerprint density at radius 2 is 1.07 bits per heavy atom. The largest absolute Gasteiger partial charge is 0.496 e. The number of ether oxygens (including phenoxy) is 4. The van der Waals surface area contributed by atoms with Gasteiger partial charge in [0.05, 0.1) is 39.6 Å². The van der Waals surface area contributed by atoms with Gasteiger partial charge in [-0.05, 0) is 101 Å². The Morgan fingerprint density at radius 3 is 1.46 bits per heavy atom. The van der Waals surface area contributed by atoms with E-state index in [1.54, 1.807) is 44.6 Å². The molecule has 0 amide bonds. The van der Waals surface area contributed by atoms with E-state index in [1.807, 2.05) is 59.8 Å². The van der Waals surface area contributed by atoms with Gasteiger partial charge >= 0.3 is 0 Å². The summed E-state index contributed by atoms with van der Waals surface area (Å²) in [5.41, 5.74) is 10.4. The predicted octanol–water partition coefficient (Wildman–Crippen LogP) is 3.60. The van der Waals surface area contributed by atoms with Crippen LogP contribution < -0.4 is 35.4 Å². The third-order valence-corrected chi connectivity index (χ3v) is 9.99. The molecule has 0 fully saturated rings. The normalized spacial score (nSPS) is 13.4. The molecule has 2 aromatic carbocycles. The van der Waals surface area contributed by atoms with Gasteiger partial charge in [-0.15, -0.1) is 0 Å². The SMILES string of the molecule is COc1cc(-c2cn(C)c(=O)c3c2CCN(C)C3)cc(OC)c1CN(C)C.COc1cc(-c2cn(C)c(=O)c3c2CCNC3)cc(OC)c1CN(C)C.O=CO. The zero-order chi connectivity index (χ0) is 41.3. The Morgan fingerprint density at radius 1 is 0.679 bits per heavy atom. The van der Waals surface area contributed by atoms with Gasteiger partial charge in [0.15, 0.2) is 0 Å². The van der Waals surface area contributed by atoms with Crippen LogP contribution in [0.25, 0.3) is 22.3 Å². The van der Waals surface area contributed by atoms with Crippen molar-refractivity contribution in [3.8, 4) is 45.3 Å². The van der Waals surface area contributed by atoms with Crippen LogP contribution in [0.2, 0.25) is 0 Å². The number of hydrogen-bond donors (Lipinski definition) is 2. The Labute approximate surface area is 329 Å². The lowest BCUT2D eigenvalue weighted by atomic mass is 9.92. The summed E-state index contributed by atoms with van der Waals surface area (Å²) in [6.07, 6.45) is 5.56. The summed E-state index contributed by atoms with van der Waals surface area (Å²) in [7, 11) is 20.5. The lowest BCUT2D eigenvalue weighted by Crippen LogP contribution is -2.34. The molecule has 0 radical (unpaired) electrons. The molecule has 0 atom stereocenters. The smallest absolute Gasteiger partial charge is 0.290 e. The van der Waals surface area contributed by atoms with Gasteiger partial charge in [-0.3, -0.25) is 14.4 Å². The van der Waals surface area contributed by atoms with Crippen molar-refractivity contribution in [3.05, 3.63) is 90.7 Å². The molecule has 0 saturated carbocycles. The lowest BCUT2D eigenvalue weighted by molar-refractivity contribution is -0.122. The van der Waals surface area contributed by atoms with Crippen molar-refractivity contribution in [2.45, 2.75) is 39.0 Å². The number of fused-ring (bicyclic) bond motifs is 2. The molecule has 6 rings (SSSR count). The summed E-state index contributed by atoms with van der Waals surface area (Å²) in [6, 6.07) is 8.20. The molecule has 0 spiro atoms. The zero-order valence-corrected chi connectivity index (χ0v) is 34.7. The third-order valence-electron chi connectivity index (χ3n) is 9.99. The third kappa shape index (κ3) is 9.80. The molecular weight excluding hydrogens is 716 g/mol. The lowest BCUT2D eigenvalue weighted by Gasteiger charge is -2.27. The van der Waals surface area contributed by atoms with Gasteiger partial charge in [-0.2, -0.15) is 0 Å². The van der Waals surface area contributed by atoms with Crippen LogP contribution in [-0.2, 0) is 57.9 Å².